The van der Waals surface area contributed by atoms with Crippen molar-refractivity contribution in [1.29, 1.82) is 0 Å². The first-order chi connectivity index (χ1) is 11.9. The summed E-state index contributed by atoms with van der Waals surface area (Å²) in [5.74, 6) is -0.180. The maximum Gasteiger partial charge on any atom is 0.253 e. The van der Waals surface area contributed by atoms with E-state index in [0.717, 1.165) is 11.3 Å². The van der Waals surface area contributed by atoms with Gasteiger partial charge in [0.25, 0.3) is 5.91 Å². The number of hydrogen-bond acceptors (Lipinski definition) is 3. The third kappa shape index (κ3) is 5.50. The molecule has 0 saturated heterocycles. The molecule has 2 rings (SSSR count). The van der Waals surface area contributed by atoms with Gasteiger partial charge >= 0.3 is 0 Å². The molecule has 25 heavy (non-hydrogen) atoms. The average Bonchev–Trinajstić information content (AvgIpc) is 2.59. The number of hydrogen-bond donors (Lipinski definition) is 2. The Kier molecular flexibility index (Phi) is 6.42. The van der Waals surface area contributed by atoms with Crippen LogP contribution in [0.1, 0.15) is 28.9 Å². The van der Waals surface area contributed by atoms with Crippen molar-refractivity contribution < 1.29 is 9.59 Å². The SMILES string of the molecule is CC(NC(=O)CNc1ccc(C(=O)N(C)C)cc1)c1cccc(Cl)c1. The van der Waals surface area contributed by atoms with E-state index < -0.39 is 0 Å². The molecule has 2 aromatic rings. The number of halogens is 1. The highest BCUT2D eigenvalue weighted by atomic mass is 35.5. The molecule has 132 valence electrons. The molecule has 0 radical (unpaired) electrons. The maximum absolute atomic E-state index is 12.1. The molecule has 0 aliphatic heterocycles. The molecular weight excluding hydrogens is 338 g/mol. The molecule has 5 nitrogen and oxygen atoms in total. The molecule has 0 fully saturated rings. The van der Waals surface area contributed by atoms with E-state index in [0.29, 0.717) is 10.6 Å². The Morgan fingerprint density at radius 2 is 1.80 bits per heavy atom. The van der Waals surface area contributed by atoms with Gasteiger partial charge in [0.1, 0.15) is 0 Å². The molecule has 2 aromatic carbocycles. The Balaban J connectivity index is 1.86. The lowest BCUT2D eigenvalue weighted by molar-refractivity contribution is -0.120. The molecule has 0 bridgehead atoms. The molecule has 1 atom stereocenters. The van der Waals surface area contributed by atoms with E-state index >= 15 is 0 Å². The van der Waals surface area contributed by atoms with Crippen molar-refractivity contribution in [2.45, 2.75) is 13.0 Å². The number of rotatable bonds is 6. The second-order valence-electron chi connectivity index (χ2n) is 5.97. The third-order valence-electron chi connectivity index (χ3n) is 3.72. The monoisotopic (exact) mass is 359 g/mol. The molecule has 0 saturated carbocycles. The summed E-state index contributed by atoms with van der Waals surface area (Å²) in [6.45, 7) is 2.05. The number of nitrogens with zero attached hydrogens (tertiary/aromatic N) is 1. The second-order valence-corrected chi connectivity index (χ2v) is 6.41. The van der Waals surface area contributed by atoms with Crippen LogP contribution in [-0.4, -0.2) is 37.4 Å². The smallest absolute Gasteiger partial charge is 0.253 e. The van der Waals surface area contributed by atoms with Gasteiger partial charge in [0.15, 0.2) is 0 Å². The van der Waals surface area contributed by atoms with E-state index in [4.69, 9.17) is 11.6 Å². The summed E-state index contributed by atoms with van der Waals surface area (Å²) < 4.78 is 0. The van der Waals surface area contributed by atoms with E-state index in [1.807, 2.05) is 25.1 Å². The van der Waals surface area contributed by atoms with E-state index in [1.165, 1.54) is 4.90 Å². The highest BCUT2D eigenvalue weighted by Crippen LogP contribution is 2.17. The van der Waals surface area contributed by atoms with E-state index in [9.17, 15) is 9.59 Å². The van der Waals surface area contributed by atoms with Crippen LogP contribution in [0.15, 0.2) is 48.5 Å². The summed E-state index contributed by atoms with van der Waals surface area (Å²) in [6.07, 6.45) is 0. The summed E-state index contributed by atoms with van der Waals surface area (Å²) >= 11 is 5.97. The molecule has 2 N–H and O–H groups in total. The van der Waals surface area contributed by atoms with Gasteiger partial charge in [-0.15, -0.1) is 0 Å². The van der Waals surface area contributed by atoms with Crippen molar-refractivity contribution in [3.8, 4) is 0 Å². The lowest BCUT2D eigenvalue weighted by Gasteiger charge is -2.15. The predicted molar refractivity (Wildman–Crippen MR) is 101 cm³/mol. The summed E-state index contributed by atoms with van der Waals surface area (Å²) in [5.41, 5.74) is 2.34. The van der Waals surface area contributed by atoms with Gasteiger partial charge in [-0.05, 0) is 48.9 Å². The van der Waals surface area contributed by atoms with Crippen LogP contribution in [0.5, 0.6) is 0 Å². The van der Waals surface area contributed by atoms with Crippen LogP contribution in [0.3, 0.4) is 0 Å². The molecule has 0 heterocycles. The van der Waals surface area contributed by atoms with Crippen molar-refractivity contribution >= 4 is 29.1 Å². The number of nitrogens with one attached hydrogen (secondary N) is 2. The number of anilines is 1. The first-order valence-electron chi connectivity index (χ1n) is 7.97. The number of carbonyl (C=O) groups excluding carboxylic acids is 2. The summed E-state index contributed by atoms with van der Waals surface area (Å²) in [5, 5.41) is 6.60. The minimum Gasteiger partial charge on any atom is -0.376 e. The van der Waals surface area contributed by atoms with Gasteiger partial charge in [0, 0.05) is 30.4 Å². The Bertz CT molecular complexity index is 745. The molecule has 1 unspecified atom stereocenters. The average molecular weight is 360 g/mol. The third-order valence-corrected chi connectivity index (χ3v) is 3.95. The molecule has 0 aromatic heterocycles. The van der Waals surface area contributed by atoms with Gasteiger partial charge in [0.05, 0.1) is 12.6 Å². The molecular formula is C19H22ClN3O2. The van der Waals surface area contributed by atoms with Crippen LogP contribution in [0.4, 0.5) is 5.69 Å². The Labute approximate surface area is 153 Å². The zero-order valence-corrected chi connectivity index (χ0v) is 15.3. The molecule has 0 aliphatic carbocycles. The lowest BCUT2D eigenvalue weighted by atomic mass is 10.1. The van der Waals surface area contributed by atoms with Crippen molar-refractivity contribution in [1.82, 2.24) is 10.2 Å². The maximum atomic E-state index is 12.1. The molecule has 0 aliphatic rings. The highest BCUT2D eigenvalue weighted by Gasteiger charge is 2.10. The quantitative estimate of drug-likeness (QED) is 0.831. The molecule has 0 spiro atoms. The second kappa shape index (κ2) is 8.53. The first kappa shape index (κ1) is 18.8. The summed E-state index contributed by atoms with van der Waals surface area (Å²) in [4.78, 5) is 25.4. The fraction of sp³-hybridized carbons (Fsp3) is 0.263. The Hall–Kier alpha value is -2.53. The van der Waals surface area contributed by atoms with Gasteiger partial charge in [-0.3, -0.25) is 9.59 Å². The van der Waals surface area contributed by atoms with E-state index in [2.05, 4.69) is 10.6 Å². The number of benzene rings is 2. The zero-order chi connectivity index (χ0) is 18.4. The normalized spacial score (nSPS) is 11.5. The summed E-state index contributed by atoms with van der Waals surface area (Å²) in [7, 11) is 3.42. The van der Waals surface area contributed by atoms with Crippen molar-refractivity contribution in [3.63, 3.8) is 0 Å². The fourth-order valence-corrected chi connectivity index (χ4v) is 2.52. The van der Waals surface area contributed by atoms with Crippen LogP contribution in [-0.2, 0) is 4.79 Å². The van der Waals surface area contributed by atoms with Crippen LogP contribution >= 0.6 is 11.6 Å². The topological polar surface area (TPSA) is 61.4 Å². The largest absolute Gasteiger partial charge is 0.376 e. The molecule has 6 heteroatoms. The zero-order valence-electron chi connectivity index (χ0n) is 14.5. The number of carbonyl (C=O) groups is 2. The fourth-order valence-electron chi connectivity index (χ4n) is 2.32. The number of amides is 2. The van der Waals surface area contributed by atoms with Gasteiger partial charge < -0.3 is 15.5 Å². The van der Waals surface area contributed by atoms with Gasteiger partial charge in [-0.1, -0.05) is 23.7 Å². The van der Waals surface area contributed by atoms with Crippen LogP contribution in [0.2, 0.25) is 5.02 Å². The van der Waals surface area contributed by atoms with Gasteiger partial charge in [-0.25, -0.2) is 0 Å². The van der Waals surface area contributed by atoms with Crippen LogP contribution in [0, 0.1) is 0 Å². The predicted octanol–water partition coefficient (Wildman–Crippen LogP) is 3.33. The first-order valence-corrected chi connectivity index (χ1v) is 8.35. The summed E-state index contributed by atoms with van der Waals surface area (Å²) in [6, 6.07) is 14.3. The van der Waals surface area contributed by atoms with Crippen molar-refractivity contribution in [3.05, 3.63) is 64.7 Å². The highest BCUT2D eigenvalue weighted by molar-refractivity contribution is 6.30. The van der Waals surface area contributed by atoms with Crippen molar-refractivity contribution in [2.24, 2.45) is 0 Å². The van der Waals surface area contributed by atoms with Gasteiger partial charge in [0.2, 0.25) is 5.91 Å². The van der Waals surface area contributed by atoms with Crippen LogP contribution in [0.25, 0.3) is 0 Å². The minimum absolute atomic E-state index is 0.0559. The van der Waals surface area contributed by atoms with Crippen molar-refractivity contribution in [2.75, 3.05) is 26.0 Å². The standard InChI is InChI=1S/C19H22ClN3O2/c1-13(15-5-4-6-16(20)11-15)22-18(24)12-21-17-9-7-14(8-10-17)19(25)23(2)3/h4-11,13,21H,12H2,1-3H3,(H,22,24). The van der Waals surface area contributed by atoms with E-state index in [1.54, 1.807) is 44.4 Å². The minimum atomic E-state index is -0.131. The Morgan fingerprint density at radius 1 is 1.12 bits per heavy atom. The van der Waals surface area contributed by atoms with Crippen LogP contribution < -0.4 is 10.6 Å². The lowest BCUT2D eigenvalue weighted by Crippen LogP contribution is -2.32. The van der Waals surface area contributed by atoms with Gasteiger partial charge in [-0.2, -0.15) is 0 Å². The van der Waals surface area contributed by atoms with E-state index in [-0.39, 0.29) is 24.4 Å². The Morgan fingerprint density at radius 3 is 2.40 bits per heavy atom. The molecule has 2 amide bonds.